The highest BCUT2D eigenvalue weighted by molar-refractivity contribution is 7.73. The second kappa shape index (κ2) is 8.65. The van der Waals surface area contributed by atoms with E-state index in [1.807, 2.05) is 30.0 Å². The van der Waals surface area contributed by atoms with E-state index in [1.54, 1.807) is 11.3 Å². The van der Waals surface area contributed by atoms with E-state index in [1.165, 1.54) is 11.3 Å². The number of aryl methyl sites for hydroxylation is 1. The van der Waals surface area contributed by atoms with Gasteiger partial charge in [0, 0.05) is 54.2 Å². The highest BCUT2D eigenvalue weighted by atomic mass is 32.1. The summed E-state index contributed by atoms with van der Waals surface area (Å²) < 4.78 is 0.739. The Bertz CT molecular complexity index is 1000. The van der Waals surface area contributed by atoms with E-state index in [4.69, 9.17) is 17.2 Å². The van der Waals surface area contributed by atoms with Gasteiger partial charge in [-0.2, -0.15) is 0 Å². The molecule has 2 aromatic heterocycles. The molecule has 0 unspecified atom stereocenters. The van der Waals surface area contributed by atoms with Crippen LogP contribution >= 0.6 is 34.9 Å². The van der Waals surface area contributed by atoms with Crippen LogP contribution in [0.2, 0.25) is 0 Å². The molecule has 1 aliphatic heterocycles. The summed E-state index contributed by atoms with van der Waals surface area (Å²) in [6.45, 7) is 6.11. The predicted octanol–water partition coefficient (Wildman–Crippen LogP) is 4.12. The number of nitrogens with zero attached hydrogens (tertiary/aromatic N) is 3. The van der Waals surface area contributed by atoms with E-state index in [0.29, 0.717) is 6.42 Å². The Kier molecular flexibility index (Phi) is 6.01. The van der Waals surface area contributed by atoms with Crippen molar-refractivity contribution >= 4 is 40.8 Å². The van der Waals surface area contributed by atoms with Crippen molar-refractivity contribution in [1.29, 1.82) is 0 Å². The van der Waals surface area contributed by atoms with Crippen LogP contribution in [-0.2, 0) is 17.8 Å². The van der Waals surface area contributed by atoms with Gasteiger partial charge in [-0.25, -0.2) is 4.98 Å². The number of carbonyl (C=O) groups excluding carboxylic acids is 1. The summed E-state index contributed by atoms with van der Waals surface area (Å²) in [7, 11) is 0. The normalized spacial score (nSPS) is 15.1. The van der Waals surface area contributed by atoms with Gasteiger partial charge in [-0.1, -0.05) is 30.3 Å². The van der Waals surface area contributed by atoms with Gasteiger partial charge < -0.3 is 9.88 Å². The SMILES string of the molecule is Cc1[nH]c(=S)sc1CC(=O)N1CCN(Cc2csc(-c3ccccc3)n2)CC1. The zero-order valence-corrected chi connectivity index (χ0v) is 18.1. The minimum absolute atomic E-state index is 0.188. The number of hydrogen-bond acceptors (Lipinski definition) is 6. The average Bonchev–Trinajstić information content (AvgIpc) is 3.29. The van der Waals surface area contributed by atoms with Crippen LogP contribution in [0.1, 0.15) is 16.3 Å². The zero-order chi connectivity index (χ0) is 19.5. The van der Waals surface area contributed by atoms with Crippen LogP contribution in [0, 0.1) is 10.9 Å². The fourth-order valence-electron chi connectivity index (χ4n) is 3.33. The van der Waals surface area contributed by atoms with Crippen molar-refractivity contribution in [2.45, 2.75) is 19.9 Å². The largest absolute Gasteiger partial charge is 0.341 e. The Balaban J connectivity index is 1.30. The molecule has 0 bridgehead atoms. The van der Waals surface area contributed by atoms with Crippen LogP contribution in [-0.4, -0.2) is 51.9 Å². The number of aromatic amines is 1. The zero-order valence-electron chi connectivity index (χ0n) is 15.7. The first-order valence-electron chi connectivity index (χ1n) is 9.27. The van der Waals surface area contributed by atoms with Crippen LogP contribution < -0.4 is 0 Å². The Morgan fingerprint density at radius 2 is 1.96 bits per heavy atom. The Labute approximate surface area is 177 Å². The number of nitrogens with one attached hydrogen (secondary N) is 1. The van der Waals surface area contributed by atoms with Crippen molar-refractivity contribution < 1.29 is 4.79 Å². The summed E-state index contributed by atoms with van der Waals surface area (Å²) in [5, 5.41) is 3.20. The number of thiazole rings is 2. The highest BCUT2D eigenvalue weighted by Gasteiger charge is 2.22. The third kappa shape index (κ3) is 4.57. The number of H-pyrrole nitrogens is 1. The summed E-state index contributed by atoms with van der Waals surface area (Å²) in [6.07, 6.45) is 0.441. The first-order chi connectivity index (χ1) is 13.6. The van der Waals surface area contributed by atoms with E-state index in [-0.39, 0.29) is 5.91 Å². The standard InChI is InChI=1S/C20H22N4OS3/c1-14-17(28-20(26)21-14)11-18(25)24-9-7-23(8-10-24)12-16-13-27-19(22-16)15-5-3-2-4-6-15/h2-6,13H,7-12H2,1H3,(H,21,26). The molecule has 3 aromatic rings. The summed E-state index contributed by atoms with van der Waals surface area (Å²) in [4.78, 5) is 25.9. The molecule has 5 nitrogen and oxygen atoms in total. The van der Waals surface area contributed by atoms with Gasteiger partial charge in [0.05, 0.1) is 12.1 Å². The van der Waals surface area contributed by atoms with Gasteiger partial charge in [0.15, 0.2) is 3.95 Å². The Morgan fingerprint density at radius 1 is 1.21 bits per heavy atom. The first-order valence-corrected chi connectivity index (χ1v) is 11.4. The van der Waals surface area contributed by atoms with Crippen LogP contribution in [0.5, 0.6) is 0 Å². The molecule has 28 heavy (non-hydrogen) atoms. The summed E-state index contributed by atoms with van der Waals surface area (Å²) in [5.74, 6) is 0.188. The maximum atomic E-state index is 12.6. The molecular weight excluding hydrogens is 408 g/mol. The third-order valence-electron chi connectivity index (χ3n) is 4.92. The van der Waals surface area contributed by atoms with Crippen molar-refractivity contribution in [2.75, 3.05) is 26.2 Å². The van der Waals surface area contributed by atoms with Gasteiger partial charge in [-0.3, -0.25) is 9.69 Å². The number of hydrogen-bond donors (Lipinski definition) is 1. The lowest BCUT2D eigenvalue weighted by atomic mass is 10.2. The minimum atomic E-state index is 0.188. The molecule has 4 rings (SSSR count). The molecule has 0 spiro atoms. The molecule has 1 N–H and O–H groups in total. The summed E-state index contributed by atoms with van der Waals surface area (Å²) in [6, 6.07) is 10.3. The molecule has 1 aliphatic rings. The van der Waals surface area contributed by atoms with Crippen LogP contribution in [0.4, 0.5) is 0 Å². The number of piperazine rings is 1. The molecule has 0 aliphatic carbocycles. The van der Waals surface area contributed by atoms with Crippen LogP contribution in [0.25, 0.3) is 10.6 Å². The van der Waals surface area contributed by atoms with Gasteiger partial charge in [-0.15, -0.1) is 22.7 Å². The molecule has 0 radical (unpaired) electrons. The number of carbonyl (C=O) groups is 1. The van der Waals surface area contributed by atoms with Crippen LogP contribution in [0.3, 0.4) is 0 Å². The van der Waals surface area contributed by atoms with E-state index < -0.39 is 0 Å². The van der Waals surface area contributed by atoms with Crippen molar-refractivity contribution in [1.82, 2.24) is 19.8 Å². The van der Waals surface area contributed by atoms with Crippen molar-refractivity contribution in [3.63, 3.8) is 0 Å². The molecular formula is C20H22N4OS3. The molecule has 3 heterocycles. The molecule has 1 amide bonds. The van der Waals surface area contributed by atoms with E-state index >= 15 is 0 Å². The number of amides is 1. The molecule has 0 saturated carbocycles. The molecule has 1 fully saturated rings. The van der Waals surface area contributed by atoms with Gasteiger partial charge in [-0.05, 0) is 19.1 Å². The quantitative estimate of drug-likeness (QED) is 0.619. The second-order valence-corrected chi connectivity index (χ2v) is 9.54. The number of aromatic nitrogens is 2. The predicted molar refractivity (Wildman–Crippen MR) is 117 cm³/mol. The van der Waals surface area contributed by atoms with Gasteiger partial charge >= 0.3 is 0 Å². The molecule has 1 aromatic carbocycles. The van der Waals surface area contributed by atoms with E-state index in [9.17, 15) is 4.79 Å². The maximum absolute atomic E-state index is 12.6. The van der Waals surface area contributed by atoms with Crippen molar-refractivity contribution in [3.05, 3.63) is 55.9 Å². The van der Waals surface area contributed by atoms with Crippen molar-refractivity contribution in [2.24, 2.45) is 0 Å². The number of rotatable bonds is 5. The van der Waals surface area contributed by atoms with E-state index in [2.05, 4.69) is 27.4 Å². The number of benzene rings is 1. The van der Waals surface area contributed by atoms with Gasteiger partial charge in [0.25, 0.3) is 0 Å². The maximum Gasteiger partial charge on any atom is 0.227 e. The monoisotopic (exact) mass is 430 g/mol. The lowest BCUT2D eigenvalue weighted by molar-refractivity contribution is -0.132. The van der Waals surface area contributed by atoms with Crippen molar-refractivity contribution in [3.8, 4) is 10.6 Å². The fraction of sp³-hybridized carbons (Fsp3) is 0.350. The summed E-state index contributed by atoms with van der Waals surface area (Å²) in [5.41, 5.74) is 3.28. The fourth-order valence-corrected chi connectivity index (χ4v) is 5.43. The molecule has 0 atom stereocenters. The molecule has 1 saturated heterocycles. The molecule has 146 valence electrons. The second-order valence-electron chi connectivity index (χ2n) is 6.91. The molecule has 8 heteroatoms. The van der Waals surface area contributed by atoms with Crippen LogP contribution in [0.15, 0.2) is 35.7 Å². The Morgan fingerprint density at radius 3 is 2.64 bits per heavy atom. The lowest BCUT2D eigenvalue weighted by Crippen LogP contribution is -2.48. The highest BCUT2D eigenvalue weighted by Crippen LogP contribution is 2.24. The summed E-state index contributed by atoms with van der Waals surface area (Å²) >= 11 is 8.36. The smallest absolute Gasteiger partial charge is 0.227 e. The lowest BCUT2D eigenvalue weighted by Gasteiger charge is -2.34. The topological polar surface area (TPSA) is 52.2 Å². The van der Waals surface area contributed by atoms with Gasteiger partial charge in [0.1, 0.15) is 5.01 Å². The first kappa shape index (κ1) is 19.4. The Hall–Kier alpha value is -1.87. The van der Waals surface area contributed by atoms with Gasteiger partial charge in [0.2, 0.25) is 5.91 Å². The van der Waals surface area contributed by atoms with E-state index in [0.717, 1.165) is 63.5 Å². The average molecular weight is 431 g/mol. The minimum Gasteiger partial charge on any atom is -0.341 e. The third-order valence-corrected chi connectivity index (χ3v) is 7.20.